The van der Waals surface area contributed by atoms with Crippen LogP contribution in [-0.2, 0) is 14.4 Å². The lowest BCUT2D eigenvalue weighted by Gasteiger charge is -2.34. The molecule has 0 aromatic rings. The third kappa shape index (κ3) is 5.03. The number of hydrogen-bond acceptors (Lipinski definition) is 5. The zero-order valence-electron chi connectivity index (χ0n) is 20.4. The smallest absolute Gasteiger partial charge is 0.244 e. The van der Waals surface area contributed by atoms with E-state index in [0.29, 0.717) is 43.7 Å². The fourth-order valence-electron chi connectivity index (χ4n) is 5.94. The van der Waals surface area contributed by atoms with Crippen molar-refractivity contribution in [2.24, 2.45) is 35.0 Å². The Morgan fingerprint density at radius 3 is 2.58 bits per heavy atom. The van der Waals surface area contributed by atoms with Crippen LogP contribution in [0, 0.1) is 46.3 Å². The molecule has 2 heterocycles. The number of likely N-dealkylation sites (tertiary alicyclic amines) is 1. The maximum absolute atomic E-state index is 13.6. The van der Waals surface area contributed by atoms with Crippen molar-refractivity contribution in [1.29, 1.82) is 5.26 Å². The van der Waals surface area contributed by atoms with Crippen LogP contribution in [0.4, 0.5) is 0 Å². The Morgan fingerprint density at radius 1 is 1.27 bits per heavy atom. The Labute approximate surface area is 197 Å². The van der Waals surface area contributed by atoms with E-state index in [1.165, 1.54) is 12.8 Å². The average Bonchev–Trinajstić information content (AvgIpc) is 3.54. The summed E-state index contributed by atoms with van der Waals surface area (Å²) < 4.78 is 0. The summed E-state index contributed by atoms with van der Waals surface area (Å²) in [6.45, 7) is 10.6. The quantitative estimate of drug-likeness (QED) is 0.459. The van der Waals surface area contributed by atoms with E-state index in [0.717, 1.165) is 13.0 Å². The maximum atomic E-state index is 13.6. The van der Waals surface area contributed by atoms with Gasteiger partial charge in [0.15, 0.2) is 0 Å². The van der Waals surface area contributed by atoms with Crippen LogP contribution in [0.2, 0.25) is 0 Å². The second-order valence-corrected chi connectivity index (χ2v) is 11.6. The molecular weight excluding hydrogens is 418 g/mol. The number of carbonyl (C=O) groups is 3. The Bertz CT molecular complexity index is 830. The summed E-state index contributed by atoms with van der Waals surface area (Å²) in [6, 6.07) is 0.591. The second-order valence-electron chi connectivity index (χ2n) is 11.6. The van der Waals surface area contributed by atoms with Gasteiger partial charge in [-0.25, -0.2) is 0 Å². The Hall–Kier alpha value is -2.14. The highest BCUT2D eigenvalue weighted by atomic mass is 16.2. The van der Waals surface area contributed by atoms with Crippen molar-refractivity contribution in [3.05, 3.63) is 0 Å². The number of rotatable bonds is 10. The zero-order chi connectivity index (χ0) is 23.9. The predicted octanol–water partition coefficient (Wildman–Crippen LogP) is 1.42. The fraction of sp³-hybridized carbons (Fsp3) is 0.840. The molecule has 0 aromatic heterocycles. The van der Waals surface area contributed by atoms with E-state index in [2.05, 4.69) is 49.7 Å². The third-order valence-corrected chi connectivity index (χ3v) is 8.27. The van der Waals surface area contributed by atoms with Gasteiger partial charge in [-0.2, -0.15) is 5.26 Å². The lowest BCUT2D eigenvalue weighted by Crippen LogP contribution is -2.56. The van der Waals surface area contributed by atoms with Crippen LogP contribution >= 0.6 is 0 Å². The lowest BCUT2D eigenvalue weighted by molar-refractivity contribution is -0.142. The molecule has 2 saturated heterocycles. The first-order valence-corrected chi connectivity index (χ1v) is 12.6. The number of piperidine rings is 1. The molecule has 2 aliphatic heterocycles. The number of nitrogens with zero attached hydrogens (tertiary/aromatic N) is 2. The van der Waals surface area contributed by atoms with Crippen molar-refractivity contribution < 1.29 is 14.4 Å². The van der Waals surface area contributed by atoms with E-state index in [-0.39, 0.29) is 41.0 Å². The molecule has 0 bridgehead atoms. The number of amides is 3. The molecule has 2 saturated carbocycles. The Morgan fingerprint density at radius 2 is 2.00 bits per heavy atom. The highest BCUT2D eigenvalue weighted by molar-refractivity contribution is 5.92. The average molecular weight is 458 g/mol. The summed E-state index contributed by atoms with van der Waals surface area (Å²) in [6.07, 6.45) is 4.18. The molecule has 2 aliphatic carbocycles. The van der Waals surface area contributed by atoms with E-state index in [9.17, 15) is 19.6 Å². The fourth-order valence-corrected chi connectivity index (χ4v) is 5.94. The van der Waals surface area contributed by atoms with Gasteiger partial charge < -0.3 is 20.9 Å². The van der Waals surface area contributed by atoms with Crippen LogP contribution in [-0.4, -0.2) is 60.4 Å². The topological polar surface area (TPSA) is 114 Å². The maximum Gasteiger partial charge on any atom is 0.244 e. The molecule has 8 heteroatoms. The van der Waals surface area contributed by atoms with Crippen molar-refractivity contribution in [2.45, 2.75) is 77.9 Å². The molecule has 4 fully saturated rings. The van der Waals surface area contributed by atoms with Gasteiger partial charge in [-0.05, 0) is 67.7 Å². The minimum atomic E-state index is -0.733. The monoisotopic (exact) mass is 457 g/mol. The van der Waals surface area contributed by atoms with Crippen LogP contribution in [0.3, 0.4) is 0 Å². The highest BCUT2D eigenvalue weighted by Gasteiger charge is 2.69. The van der Waals surface area contributed by atoms with Gasteiger partial charge in [0.1, 0.15) is 12.1 Å². The molecule has 4 rings (SSSR count). The standard InChI is InChI=1S/C25H39N5O3/c1-14(2)9-19(28-12-15-5-6-15)24(33)30-13-18-20(25(18,3)4)21(30)23(32)29-17(11-26)10-16-7-8-27-22(16)31/h14-21,28H,5-10,12-13H2,1-4H3,(H,27,31)(H,29,32)/t16-,17-,18-,19-,20-,21-/m0/s1. The van der Waals surface area contributed by atoms with Gasteiger partial charge >= 0.3 is 0 Å². The van der Waals surface area contributed by atoms with Crippen molar-refractivity contribution >= 4 is 17.7 Å². The number of nitriles is 1. The van der Waals surface area contributed by atoms with E-state index < -0.39 is 12.1 Å². The molecule has 8 nitrogen and oxygen atoms in total. The Balaban J connectivity index is 1.45. The summed E-state index contributed by atoms with van der Waals surface area (Å²) >= 11 is 0. The van der Waals surface area contributed by atoms with Crippen molar-refractivity contribution in [3.8, 4) is 6.07 Å². The van der Waals surface area contributed by atoms with Crippen molar-refractivity contribution in [1.82, 2.24) is 20.9 Å². The first-order chi connectivity index (χ1) is 15.6. The van der Waals surface area contributed by atoms with Crippen LogP contribution in [0.25, 0.3) is 0 Å². The number of hydrogen-bond donors (Lipinski definition) is 3. The van der Waals surface area contributed by atoms with Crippen LogP contribution < -0.4 is 16.0 Å². The Kier molecular flexibility index (Phi) is 6.73. The van der Waals surface area contributed by atoms with E-state index in [1.807, 2.05) is 0 Å². The van der Waals surface area contributed by atoms with Gasteiger partial charge in [0.25, 0.3) is 0 Å². The van der Waals surface area contributed by atoms with Gasteiger partial charge in [-0.3, -0.25) is 14.4 Å². The van der Waals surface area contributed by atoms with E-state index >= 15 is 0 Å². The van der Waals surface area contributed by atoms with Crippen LogP contribution in [0.15, 0.2) is 0 Å². The van der Waals surface area contributed by atoms with Crippen molar-refractivity contribution in [2.75, 3.05) is 19.6 Å². The number of carbonyl (C=O) groups excluding carboxylic acids is 3. The largest absolute Gasteiger partial charge is 0.356 e. The number of nitrogens with one attached hydrogen (secondary N) is 3. The van der Waals surface area contributed by atoms with Crippen molar-refractivity contribution in [3.63, 3.8) is 0 Å². The first-order valence-electron chi connectivity index (χ1n) is 12.6. The molecule has 0 spiro atoms. The number of fused-ring (bicyclic) bond motifs is 1. The molecular formula is C25H39N5O3. The SMILES string of the molecule is CC(C)C[C@H](NCC1CC1)C(=O)N1C[C@H]2[C@@H]([C@H]1C(=O)N[C@H](C#N)C[C@@H]1CCNC1=O)C2(C)C. The molecule has 6 atom stereocenters. The molecule has 3 N–H and O–H groups in total. The predicted molar refractivity (Wildman–Crippen MR) is 124 cm³/mol. The summed E-state index contributed by atoms with van der Waals surface area (Å²) in [5.74, 6) is 0.911. The minimum Gasteiger partial charge on any atom is -0.356 e. The highest BCUT2D eigenvalue weighted by Crippen LogP contribution is 2.65. The van der Waals surface area contributed by atoms with Crippen LogP contribution in [0.1, 0.15) is 59.8 Å². The van der Waals surface area contributed by atoms with Gasteiger partial charge in [0.2, 0.25) is 17.7 Å². The molecule has 182 valence electrons. The zero-order valence-corrected chi connectivity index (χ0v) is 20.4. The minimum absolute atomic E-state index is 0.0104. The molecule has 0 aromatic carbocycles. The third-order valence-electron chi connectivity index (χ3n) is 8.27. The summed E-state index contributed by atoms with van der Waals surface area (Å²) in [4.78, 5) is 40.8. The molecule has 4 aliphatic rings. The normalized spacial score (nSPS) is 31.5. The van der Waals surface area contributed by atoms with E-state index in [1.54, 1.807) is 4.90 Å². The molecule has 0 unspecified atom stereocenters. The van der Waals surface area contributed by atoms with E-state index in [4.69, 9.17) is 0 Å². The molecule has 3 amide bonds. The lowest BCUT2D eigenvalue weighted by atomic mass is 9.96. The van der Waals surface area contributed by atoms with Gasteiger partial charge in [0, 0.05) is 19.0 Å². The van der Waals surface area contributed by atoms with Gasteiger partial charge in [-0.1, -0.05) is 27.7 Å². The summed E-state index contributed by atoms with van der Waals surface area (Å²) in [7, 11) is 0. The van der Waals surface area contributed by atoms with Gasteiger partial charge in [0.05, 0.1) is 12.1 Å². The summed E-state index contributed by atoms with van der Waals surface area (Å²) in [5, 5.41) is 18.8. The van der Waals surface area contributed by atoms with Crippen LogP contribution in [0.5, 0.6) is 0 Å². The summed E-state index contributed by atoms with van der Waals surface area (Å²) in [5.41, 5.74) is 0.0151. The van der Waals surface area contributed by atoms with Gasteiger partial charge in [-0.15, -0.1) is 0 Å². The molecule has 33 heavy (non-hydrogen) atoms. The second kappa shape index (κ2) is 9.25. The first kappa shape index (κ1) is 24.0. The molecule has 0 radical (unpaired) electrons.